The second-order valence-corrected chi connectivity index (χ2v) is 6.27. The Morgan fingerprint density at radius 3 is 2.53 bits per heavy atom. The normalized spacial score (nSPS) is 34.7. The van der Waals surface area contributed by atoms with E-state index in [0.717, 1.165) is 18.4 Å². The van der Waals surface area contributed by atoms with Crippen molar-refractivity contribution in [1.82, 2.24) is 4.90 Å². The lowest BCUT2D eigenvalue weighted by Gasteiger charge is -2.42. The Kier molecular flexibility index (Phi) is 3.35. The molecule has 2 heterocycles. The van der Waals surface area contributed by atoms with Gasteiger partial charge in [-0.3, -0.25) is 0 Å². The van der Waals surface area contributed by atoms with Crippen molar-refractivity contribution in [1.29, 1.82) is 0 Å². The van der Waals surface area contributed by atoms with Crippen molar-refractivity contribution < 1.29 is 9.50 Å². The third kappa shape index (κ3) is 2.54. The van der Waals surface area contributed by atoms with Crippen LogP contribution in [0.5, 0.6) is 0 Å². The predicted molar refractivity (Wildman–Crippen MR) is 73.5 cm³/mol. The summed E-state index contributed by atoms with van der Waals surface area (Å²) in [7, 11) is 2.17. The van der Waals surface area contributed by atoms with Gasteiger partial charge in [-0.05, 0) is 57.2 Å². The average Bonchev–Trinajstić information content (AvgIpc) is 2.62. The van der Waals surface area contributed by atoms with Crippen LogP contribution in [0.15, 0.2) is 24.3 Å². The standard InChI is InChI=1S/C16H22FNO/c1-18-13-6-7-14(18)11-16(19,10-13)9-8-12-4-2-3-5-15(12)17/h2-5,13-14,19H,6-11H2,1H3. The summed E-state index contributed by atoms with van der Waals surface area (Å²) in [5.74, 6) is -0.151. The van der Waals surface area contributed by atoms with Crippen LogP contribution in [-0.2, 0) is 6.42 Å². The molecule has 3 heteroatoms. The Balaban J connectivity index is 1.66. The van der Waals surface area contributed by atoms with Gasteiger partial charge in [-0.25, -0.2) is 4.39 Å². The topological polar surface area (TPSA) is 23.5 Å². The van der Waals surface area contributed by atoms with Crippen molar-refractivity contribution in [2.24, 2.45) is 0 Å². The van der Waals surface area contributed by atoms with Gasteiger partial charge in [0, 0.05) is 12.1 Å². The number of hydrogen-bond acceptors (Lipinski definition) is 2. The number of piperidine rings is 1. The Hall–Kier alpha value is -0.930. The molecule has 2 fully saturated rings. The highest BCUT2D eigenvalue weighted by Crippen LogP contribution is 2.41. The largest absolute Gasteiger partial charge is 0.390 e. The second-order valence-electron chi connectivity index (χ2n) is 6.27. The molecule has 0 amide bonds. The molecule has 19 heavy (non-hydrogen) atoms. The fourth-order valence-corrected chi connectivity index (χ4v) is 3.82. The van der Waals surface area contributed by atoms with Gasteiger partial charge < -0.3 is 10.0 Å². The number of halogens is 1. The summed E-state index contributed by atoms with van der Waals surface area (Å²) in [4.78, 5) is 2.41. The van der Waals surface area contributed by atoms with Crippen LogP contribution in [0.4, 0.5) is 4.39 Å². The first-order valence-corrected chi connectivity index (χ1v) is 7.25. The summed E-state index contributed by atoms with van der Waals surface area (Å²) in [6.45, 7) is 0. The number of aryl methyl sites for hydroxylation is 1. The minimum Gasteiger partial charge on any atom is -0.390 e. The Morgan fingerprint density at radius 2 is 1.89 bits per heavy atom. The predicted octanol–water partition coefficient (Wildman–Crippen LogP) is 2.75. The van der Waals surface area contributed by atoms with E-state index in [2.05, 4.69) is 11.9 Å². The maximum absolute atomic E-state index is 13.6. The van der Waals surface area contributed by atoms with Gasteiger partial charge in [-0.15, -0.1) is 0 Å². The van der Waals surface area contributed by atoms with Gasteiger partial charge in [0.25, 0.3) is 0 Å². The highest BCUT2D eigenvalue weighted by atomic mass is 19.1. The molecule has 0 radical (unpaired) electrons. The minimum atomic E-state index is -0.597. The van der Waals surface area contributed by atoms with Crippen LogP contribution >= 0.6 is 0 Å². The molecule has 2 aliphatic rings. The molecular formula is C16H22FNO. The lowest BCUT2D eigenvalue weighted by Crippen LogP contribution is -2.49. The fraction of sp³-hybridized carbons (Fsp3) is 0.625. The van der Waals surface area contributed by atoms with Crippen molar-refractivity contribution in [2.75, 3.05) is 7.05 Å². The van der Waals surface area contributed by atoms with E-state index in [9.17, 15) is 9.50 Å². The van der Waals surface area contributed by atoms with Crippen LogP contribution in [0.1, 0.15) is 37.7 Å². The van der Waals surface area contributed by atoms with Crippen LogP contribution in [0.2, 0.25) is 0 Å². The van der Waals surface area contributed by atoms with Crippen molar-refractivity contribution in [3.63, 3.8) is 0 Å². The van der Waals surface area contributed by atoms with Crippen LogP contribution in [-0.4, -0.2) is 34.7 Å². The summed E-state index contributed by atoms with van der Waals surface area (Å²) < 4.78 is 13.6. The number of fused-ring (bicyclic) bond motifs is 2. The number of rotatable bonds is 3. The highest BCUT2D eigenvalue weighted by Gasteiger charge is 2.45. The summed E-state index contributed by atoms with van der Waals surface area (Å²) in [5.41, 5.74) is 0.128. The molecule has 0 spiro atoms. The zero-order valence-corrected chi connectivity index (χ0v) is 11.5. The molecule has 1 N–H and O–H groups in total. The first-order valence-electron chi connectivity index (χ1n) is 7.25. The Bertz CT molecular complexity index is 448. The zero-order chi connectivity index (χ0) is 13.5. The summed E-state index contributed by atoms with van der Waals surface area (Å²) in [5, 5.41) is 10.8. The van der Waals surface area contributed by atoms with Crippen molar-refractivity contribution in [3.05, 3.63) is 35.6 Å². The summed E-state index contributed by atoms with van der Waals surface area (Å²) in [6, 6.07) is 7.93. The zero-order valence-electron chi connectivity index (χ0n) is 11.5. The monoisotopic (exact) mass is 263 g/mol. The maximum Gasteiger partial charge on any atom is 0.126 e. The lowest BCUT2D eigenvalue weighted by atomic mass is 9.82. The number of aliphatic hydroxyl groups is 1. The fourth-order valence-electron chi connectivity index (χ4n) is 3.82. The molecule has 2 bridgehead atoms. The molecule has 1 aromatic carbocycles. The molecule has 0 aliphatic carbocycles. The van der Waals surface area contributed by atoms with Crippen molar-refractivity contribution >= 4 is 0 Å². The molecule has 2 saturated heterocycles. The summed E-state index contributed by atoms with van der Waals surface area (Å²) >= 11 is 0. The molecule has 2 unspecified atom stereocenters. The third-order valence-corrected chi connectivity index (χ3v) is 5.03. The van der Waals surface area contributed by atoms with E-state index in [1.165, 1.54) is 18.9 Å². The van der Waals surface area contributed by atoms with Crippen molar-refractivity contribution in [2.45, 2.75) is 56.2 Å². The molecule has 1 aromatic rings. The smallest absolute Gasteiger partial charge is 0.126 e. The van der Waals surface area contributed by atoms with Crippen LogP contribution < -0.4 is 0 Å². The molecule has 2 aliphatic heterocycles. The van der Waals surface area contributed by atoms with E-state index in [-0.39, 0.29) is 5.82 Å². The number of hydrogen-bond donors (Lipinski definition) is 1. The van der Waals surface area contributed by atoms with E-state index in [1.807, 2.05) is 12.1 Å². The van der Waals surface area contributed by atoms with Gasteiger partial charge in [-0.1, -0.05) is 18.2 Å². The minimum absolute atomic E-state index is 0.151. The van der Waals surface area contributed by atoms with E-state index in [0.29, 0.717) is 24.9 Å². The van der Waals surface area contributed by atoms with Crippen LogP contribution in [0.3, 0.4) is 0 Å². The molecule has 0 aromatic heterocycles. The molecule has 2 nitrogen and oxygen atoms in total. The number of nitrogens with zero attached hydrogens (tertiary/aromatic N) is 1. The third-order valence-electron chi connectivity index (χ3n) is 5.03. The van der Waals surface area contributed by atoms with Gasteiger partial charge >= 0.3 is 0 Å². The number of benzene rings is 1. The average molecular weight is 263 g/mol. The van der Waals surface area contributed by atoms with Gasteiger partial charge in [0.1, 0.15) is 5.82 Å². The Morgan fingerprint density at radius 1 is 1.26 bits per heavy atom. The first-order chi connectivity index (χ1) is 9.07. The molecule has 0 saturated carbocycles. The molecule has 2 atom stereocenters. The van der Waals surface area contributed by atoms with E-state index < -0.39 is 5.60 Å². The van der Waals surface area contributed by atoms with Gasteiger partial charge in [0.2, 0.25) is 0 Å². The Labute approximate surface area is 114 Å². The van der Waals surface area contributed by atoms with Crippen LogP contribution in [0.25, 0.3) is 0 Å². The summed E-state index contributed by atoms with van der Waals surface area (Å²) in [6.07, 6.45) is 5.39. The van der Waals surface area contributed by atoms with Gasteiger partial charge in [0.05, 0.1) is 5.60 Å². The maximum atomic E-state index is 13.6. The lowest BCUT2D eigenvalue weighted by molar-refractivity contribution is -0.0498. The molecular weight excluding hydrogens is 241 g/mol. The van der Waals surface area contributed by atoms with Crippen LogP contribution in [0, 0.1) is 5.82 Å². The SMILES string of the molecule is CN1C2CCC1CC(O)(CCc1ccccc1F)C2. The highest BCUT2D eigenvalue weighted by molar-refractivity contribution is 5.18. The van der Waals surface area contributed by atoms with Gasteiger partial charge in [0.15, 0.2) is 0 Å². The van der Waals surface area contributed by atoms with Gasteiger partial charge in [-0.2, -0.15) is 0 Å². The van der Waals surface area contributed by atoms with E-state index >= 15 is 0 Å². The van der Waals surface area contributed by atoms with E-state index in [4.69, 9.17) is 0 Å². The quantitative estimate of drug-likeness (QED) is 0.906. The van der Waals surface area contributed by atoms with E-state index in [1.54, 1.807) is 6.07 Å². The first kappa shape index (κ1) is 13.1. The molecule has 104 valence electrons. The van der Waals surface area contributed by atoms with Crippen molar-refractivity contribution in [3.8, 4) is 0 Å². The molecule has 3 rings (SSSR count). The second kappa shape index (κ2) is 4.88.